The van der Waals surface area contributed by atoms with Crippen molar-refractivity contribution in [1.29, 1.82) is 0 Å². The number of nitrogens with one attached hydrogen (secondary N) is 2. The molecule has 0 fully saturated rings. The van der Waals surface area contributed by atoms with Crippen LogP contribution < -0.4 is 15.4 Å². The molecule has 0 aromatic heterocycles. The third-order valence-corrected chi connectivity index (χ3v) is 3.53. The van der Waals surface area contributed by atoms with E-state index in [9.17, 15) is 0 Å². The Bertz CT molecular complexity index is 627. The molecule has 0 atom stereocenters. The zero-order valence-electron chi connectivity index (χ0n) is 15.2. The number of hydrogen-bond acceptors (Lipinski definition) is 2. The van der Waals surface area contributed by atoms with Gasteiger partial charge in [-0.15, -0.1) is 24.0 Å². The monoisotopic (exact) mass is 453 g/mol. The molecule has 0 radical (unpaired) electrons. The first-order valence-electron chi connectivity index (χ1n) is 8.41. The van der Waals surface area contributed by atoms with Gasteiger partial charge in [0.2, 0.25) is 0 Å². The molecule has 0 aliphatic carbocycles. The molecule has 0 bridgehead atoms. The molecule has 0 saturated heterocycles. The lowest BCUT2D eigenvalue weighted by molar-refractivity contribution is 0.242. The summed E-state index contributed by atoms with van der Waals surface area (Å²) in [5, 5.41) is 6.67. The van der Waals surface area contributed by atoms with Crippen LogP contribution in [-0.4, -0.2) is 25.7 Å². The van der Waals surface area contributed by atoms with Crippen molar-refractivity contribution in [2.24, 2.45) is 4.99 Å². The van der Waals surface area contributed by atoms with Gasteiger partial charge in [-0.25, -0.2) is 0 Å². The maximum atomic E-state index is 5.65. The Hall–Kier alpha value is -1.76. The van der Waals surface area contributed by atoms with Crippen molar-refractivity contribution in [1.82, 2.24) is 10.6 Å². The van der Waals surface area contributed by atoms with Gasteiger partial charge >= 0.3 is 0 Å². The third-order valence-electron chi connectivity index (χ3n) is 3.53. The second kappa shape index (κ2) is 11.7. The van der Waals surface area contributed by atoms with Crippen LogP contribution in [0.3, 0.4) is 0 Å². The van der Waals surface area contributed by atoms with Crippen molar-refractivity contribution in [2.45, 2.75) is 32.9 Å². The summed E-state index contributed by atoms with van der Waals surface area (Å²) in [5.41, 5.74) is 2.51. The molecule has 0 spiro atoms. The molecule has 0 unspecified atom stereocenters. The number of nitrogens with zero attached hydrogens (tertiary/aromatic N) is 1. The van der Waals surface area contributed by atoms with Crippen LogP contribution in [0.15, 0.2) is 59.6 Å². The fourth-order valence-electron chi connectivity index (χ4n) is 2.33. The number of benzene rings is 2. The van der Waals surface area contributed by atoms with Gasteiger partial charge in [0, 0.05) is 20.1 Å². The predicted octanol–water partition coefficient (Wildman–Crippen LogP) is 4.00. The van der Waals surface area contributed by atoms with E-state index in [2.05, 4.69) is 52.0 Å². The van der Waals surface area contributed by atoms with Crippen LogP contribution in [0, 0.1) is 0 Å². The minimum Gasteiger partial charge on any atom is -0.491 e. The Morgan fingerprint density at radius 2 is 1.64 bits per heavy atom. The van der Waals surface area contributed by atoms with Gasteiger partial charge in [-0.05, 0) is 43.5 Å². The van der Waals surface area contributed by atoms with Gasteiger partial charge < -0.3 is 15.4 Å². The number of guanidine groups is 1. The zero-order valence-corrected chi connectivity index (χ0v) is 17.5. The van der Waals surface area contributed by atoms with Gasteiger partial charge in [-0.3, -0.25) is 4.99 Å². The Morgan fingerprint density at radius 1 is 0.960 bits per heavy atom. The molecular formula is C20H28IN3O. The van der Waals surface area contributed by atoms with E-state index in [-0.39, 0.29) is 30.1 Å². The number of ether oxygens (including phenoxy) is 1. The van der Waals surface area contributed by atoms with Crippen molar-refractivity contribution in [3.05, 3.63) is 65.7 Å². The smallest absolute Gasteiger partial charge is 0.191 e. The molecule has 136 valence electrons. The molecule has 25 heavy (non-hydrogen) atoms. The van der Waals surface area contributed by atoms with Crippen LogP contribution in [0.4, 0.5) is 0 Å². The average molecular weight is 453 g/mol. The minimum absolute atomic E-state index is 0. The average Bonchev–Trinajstić information content (AvgIpc) is 2.59. The van der Waals surface area contributed by atoms with Gasteiger partial charge in [0.05, 0.1) is 6.10 Å². The lowest BCUT2D eigenvalue weighted by atomic mass is 10.1. The predicted molar refractivity (Wildman–Crippen MR) is 116 cm³/mol. The second-order valence-electron chi connectivity index (χ2n) is 5.90. The van der Waals surface area contributed by atoms with E-state index in [1.807, 2.05) is 32.0 Å². The van der Waals surface area contributed by atoms with Crippen LogP contribution in [-0.2, 0) is 13.0 Å². The number of halogens is 1. The van der Waals surface area contributed by atoms with E-state index in [0.29, 0.717) is 0 Å². The zero-order chi connectivity index (χ0) is 17.2. The summed E-state index contributed by atoms with van der Waals surface area (Å²) in [7, 11) is 1.79. The topological polar surface area (TPSA) is 45.7 Å². The lowest BCUT2D eigenvalue weighted by Crippen LogP contribution is -2.37. The Balaban J connectivity index is 0.00000312. The molecular weight excluding hydrogens is 425 g/mol. The van der Waals surface area contributed by atoms with Crippen LogP contribution in [0.1, 0.15) is 25.0 Å². The fourth-order valence-corrected chi connectivity index (χ4v) is 2.33. The highest BCUT2D eigenvalue weighted by Gasteiger charge is 2.01. The molecule has 0 heterocycles. The highest BCUT2D eigenvalue weighted by Crippen LogP contribution is 2.13. The van der Waals surface area contributed by atoms with E-state index < -0.39 is 0 Å². The normalized spacial score (nSPS) is 11.0. The summed E-state index contributed by atoms with van der Waals surface area (Å²) in [6, 6.07) is 18.6. The number of aliphatic imine (C=N–C) groups is 1. The largest absolute Gasteiger partial charge is 0.491 e. The Morgan fingerprint density at radius 3 is 2.24 bits per heavy atom. The molecule has 5 heteroatoms. The highest BCUT2D eigenvalue weighted by molar-refractivity contribution is 14.0. The first-order chi connectivity index (χ1) is 11.7. The standard InChI is InChI=1S/C20H27N3O.HI/c1-16(2)24-19-11-9-18(10-12-19)15-23-20(21-3)22-14-13-17-7-5-4-6-8-17;/h4-12,16H,13-15H2,1-3H3,(H2,21,22,23);1H. The SMILES string of the molecule is CN=C(NCCc1ccccc1)NCc1ccc(OC(C)C)cc1.I. The van der Waals surface area contributed by atoms with E-state index in [4.69, 9.17) is 4.74 Å². The molecule has 2 aromatic rings. The van der Waals surface area contributed by atoms with Gasteiger partial charge in [0.1, 0.15) is 5.75 Å². The first kappa shape index (κ1) is 21.3. The molecule has 0 saturated carbocycles. The van der Waals surface area contributed by atoms with E-state index in [1.54, 1.807) is 7.05 Å². The van der Waals surface area contributed by atoms with Gasteiger partial charge in [0.25, 0.3) is 0 Å². The van der Waals surface area contributed by atoms with E-state index >= 15 is 0 Å². The van der Waals surface area contributed by atoms with E-state index in [1.165, 1.54) is 11.1 Å². The van der Waals surface area contributed by atoms with Gasteiger partial charge in [-0.2, -0.15) is 0 Å². The second-order valence-corrected chi connectivity index (χ2v) is 5.90. The van der Waals surface area contributed by atoms with Crippen LogP contribution >= 0.6 is 24.0 Å². The quantitative estimate of drug-likeness (QED) is 0.379. The maximum absolute atomic E-state index is 5.65. The summed E-state index contributed by atoms with van der Waals surface area (Å²) < 4.78 is 5.65. The number of hydrogen-bond donors (Lipinski definition) is 2. The molecule has 4 nitrogen and oxygen atoms in total. The molecule has 2 aromatic carbocycles. The molecule has 0 aliphatic rings. The van der Waals surface area contributed by atoms with Crippen molar-refractivity contribution < 1.29 is 4.74 Å². The highest BCUT2D eigenvalue weighted by atomic mass is 127. The summed E-state index contributed by atoms with van der Waals surface area (Å²) in [6.07, 6.45) is 1.17. The van der Waals surface area contributed by atoms with Crippen LogP contribution in [0.25, 0.3) is 0 Å². The van der Waals surface area contributed by atoms with Gasteiger partial charge in [-0.1, -0.05) is 42.5 Å². The number of rotatable bonds is 7. The summed E-state index contributed by atoms with van der Waals surface area (Å²) >= 11 is 0. The Kier molecular flexibility index (Phi) is 9.99. The molecule has 2 rings (SSSR count). The molecule has 2 N–H and O–H groups in total. The fraction of sp³-hybridized carbons (Fsp3) is 0.350. The summed E-state index contributed by atoms with van der Waals surface area (Å²) in [4.78, 5) is 4.26. The van der Waals surface area contributed by atoms with Crippen LogP contribution in [0.5, 0.6) is 5.75 Å². The van der Waals surface area contributed by atoms with Crippen molar-refractivity contribution >= 4 is 29.9 Å². The lowest BCUT2D eigenvalue weighted by Gasteiger charge is -2.13. The molecule has 0 aliphatic heterocycles. The van der Waals surface area contributed by atoms with Crippen LogP contribution in [0.2, 0.25) is 0 Å². The maximum Gasteiger partial charge on any atom is 0.191 e. The van der Waals surface area contributed by atoms with Crippen molar-refractivity contribution in [3.8, 4) is 5.75 Å². The third kappa shape index (κ3) is 8.25. The minimum atomic E-state index is 0. The summed E-state index contributed by atoms with van der Waals surface area (Å²) in [6.45, 7) is 5.64. The van der Waals surface area contributed by atoms with Crippen molar-refractivity contribution in [2.75, 3.05) is 13.6 Å². The van der Waals surface area contributed by atoms with Gasteiger partial charge in [0.15, 0.2) is 5.96 Å². The first-order valence-corrected chi connectivity index (χ1v) is 8.41. The van der Waals surface area contributed by atoms with E-state index in [0.717, 1.165) is 31.2 Å². The van der Waals surface area contributed by atoms with Crippen molar-refractivity contribution in [3.63, 3.8) is 0 Å². The Labute approximate surface area is 168 Å². The summed E-state index contributed by atoms with van der Waals surface area (Å²) in [5.74, 6) is 1.72. The molecule has 0 amide bonds.